The first-order chi connectivity index (χ1) is 11.5. The molecule has 7 heteroatoms. The molecule has 1 heterocycles. The molecule has 24 heavy (non-hydrogen) atoms. The van der Waals surface area contributed by atoms with E-state index in [1.807, 2.05) is 35.0 Å². The van der Waals surface area contributed by atoms with Crippen molar-refractivity contribution >= 4 is 27.5 Å². The zero-order chi connectivity index (χ0) is 17.1. The number of aromatic nitrogens is 2. The number of nitrogens with zero attached hydrogens (tertiary/aromatic N) is 2. The van der Waals surface area contributed by atoms with Crippen molar-refractivity contribution in [1.29, 1.82) is 0 Å². The number of amides is 1. The van der Waals surface area contributed by atoms with Gasteiger partial charge in [-0.05, 0) is 29.8 Å². The van der Waals surface area contributed by atoms with Crippen LogP contribution in [-0.4, -0.2) is 15.5 Å². The normalized spacial score (nSPS) is 10.6. The van der Waals surface area contributed by atoms with E-state index in [0.717, 1.165) is 11.3 Å². The van der Waals surface area contributed by atoms with Crippen LogP contribution in [0.2, 0.25) is 0 Å². The van der Waals surface area contributed by atoms with Crippen molar-refractivity contribution in [2.24, 2.45) is 5.73 Å². The quantitative estimate of drug-likeness (QED) is 0.702. The molecule has 0 unspecified atom stereocenters. The first kappa shape index (κ1) is 16.2. The number of benzene rings is 2. The number of halogens is 2. The van der Waals surface area contributed by atoms with Crippen LogP contribution in [0.5, 0.6) is 0 Å². The zero-order valence-electron chi connectivity index (χ0n) is 12.5. The molecule has 5 nitrogen and oxygen atoms in total. The Labute approximate surface area is 146 Å². The smallest absolute Gasteiger partial charge is 0.253 e. The fourth-order valence-electron chi connectivity index (χ4n) is 2.36. The fraction of sp³-hybridized carbons (Fsp3) is 0.0588. The lowest BCUT2D eigenvalue weighted by molar-refractivity contribution is 0.0997. The third-order valence-electron chi connectivity index (χ3n) is 3.52. The van der Waals surface area contributed by atoms with Gasteiger partial charge < -0.3 is 15.6 Å². The first-order valence-corrected chi connectivity index (χ1v) is 7.94. The summed E-state index contributed by atoms with van der Waals surface area (Å²) in [5.41, 5.74) is 7.44. The van der Waals surface area contributed by atoms with E-state index in [0.29, 0.717) is 16.7 Å². The molecule has 0 saturated carbocycles. The van der Waals surface area contributed by atoms with Gasteiger partial charge in [0.05, 0.1) is 17.6 Å². The Morgan fingerprint density at radius 1 is 1.29 bits per heavy atom. The second kappa shape index (κ2) is 6.84. The minimum Gasteiger partial charge on any atom is -0.380 e. The van der Waals surface area contributed by atoms with Gasteiger partial charge in [0.15, 0.2) is 0 Å². The number of anilines is 1. The highest BCUT2D eigenvalue weighted by Gasteiger charge is 2.15. The number of hydrogen-bond acceptors (Lipinski definition) is 3. The maximum Gasteiger partial charge on any atom is 0.253 e. The first-order valence-electron chi connectivity index (χ1n) is 7.14. The Morgan fingerprint density at radius 3 is 2.67 bits per heavy atom. The van der Waals surface area contributed by atoms with Gasteiger partial charge in [0.25, 0.3) is 5.91 Å². The molecule has 0 bridgehead atoms. The predicted molar refractivity (Wildman–Crippen MR) is 93.5 cm³/mol. The molecule has 0 atom stereocenters. The molecule has 3 N–H and O–H groups in total. The van der Waals surface area contributed by atoms with Crippen LogP contribution in [0.15, 0.2) is 59.6 Å². The number of imidazole rings is 1. The van der Waals surface area contributed by atoms with Crippen molar-refractivity contribution in [3.8, 4) is 5.69 Å². The Morgan fingerprint density at radius 2 is 2.04 bits per heavy atom. The van der Waals surface area contributed by atoms with Crippen molar-refractivity contribution in [3.63, 3.8) is 0 Å². The molecule has 1 aromatic heterocycles. The van der Waals surface area contributed by atoms with Crippen LogP contribution in [0.3, 0.4) is 0 Å². The molecule has 3 aromatic rings. The van der Waals surface area contributed by atoms with Crippen LogP contribution in [0.25, 0.3) is 5.69 Å². The van der Waals surface area contributed by atoms with E-state index in [1.165, 1.54) is 6.07 Å². The minimum absolute atomic E-state index is 0.145. The lowest BCUT2D eigenvalue weighted by Gasteiger charge is -2.12. The van der Waals surface area contributed by atoms with Gasteiger partial charge in [-0.15, -0.1) is 0 Å². The van der Waals surface area contributed by atoms with Gasteiger partial charge in [0.1, 0.15) is 5.82 Å². The number of primary amides is 1. The second-order valence-corrected chi connectivity index (χ2v) is 6.08. The van der Waals surface area contributed by atoms with E-state index in [-0.39, 0.29) is 5.56 Å². The van der Waals surface area contributed by atoms with Crippen LogP contribution < -0.4 is 11.1 Å². The van der Waals surface area contributed by atoms with E-state index in [9.17, 15) is 9.18 Å². The molecule has 3 rings (SSSR count). The van der Waals surface area contributed by atoms with E-state index >= 15 is 0 Å². The summed E-state index contributed by atoms with van der Waals surface area (Å²) in [5, 5.41) is 3.06. The lowest BCUT2D eigenvalue weighted by Crippen LogP contribution is -2.16. The lowest BCUT2D eigenvalue weighted by atomic mass is 10.1. The molecular formula is C17H14BrFN4O. The number of rotatable bonds is 5. The molecule has 2 aromatic carbocycles. The topological polar surface area (TPSA) is 72.9 Å². The summed E-state index contributed by atoms with van der Waals surface area (Å²) >= 11 is 3.21. The van der Waals surface area contributed by atoms with Crippen molar-refractivity contribution < 1.29 is 9.18 Å². The van der Waals surface area contributed by atoms with Gasteiger partial charge in [-0.1, -0.05) is 28.1 Å². The molecular weight excluding hydrogens is 375 g/mol. The molecule has 0 saturated heterocycles. The molecule has 0 fully saturated rings. The number of nitrogens with one attached hydrogen (secondary N) is 1. The average Bonchev–Trinajstić information content (AvgIpc) is 3.06. The van der Waals surface area contributed by atoms with Gasteiger partial charge in [-0.3, -0.25) is 4.79 Å². The van der Waals surface area contributed by atoms with Crippen LogP contribution in [-0.2, 0) is 6.54 Å². The summed E-state index contributed by atoms with van der Waals surface area (Å²) in [6.45, 7) is 0.431. The van der Waals surface area contributed by atoms with E-state index < -0.39 is 11.7 Å². The maximum atomic E-state index is 13.9. The number of carbonyl (C=O) groups is 1. The van der Waals surface area contributed by atoms with Gasteiger partial charge in [-0.25, -0.2) is 9.37 Å². The van der Waals surface area contributed by atoms with Crippen LogP contribution in [0, 0.1) is 5.82 Å². The van der Waals surface area contributed by atoms with Gasteiger partial charge in [0, 0.05) is 29.1 Å². The van der Waals surface area contributed by atoms with Crippen molar-refractivity contribution in [1.82, 2.24) is 9.55 Å². The van der Waals surface area contributed by atoms with Gasteiger partial charge >= 0.3 is 0 Å². The standard InChI is InChI=1S/C17H14BrFN4O/c18-12-7-14(19)16(17(20)24)15(8-12)22-9-11-1-3-13(4-2-11)23-6-5-21-10-23/h1-8,10,22H,9H2,(H2,20,24). The summed E-state index contributed by atoms with van der Waals surface area (Å²) in [6, 6.07) is 10.6. The summed E-state index contributed by atoms with van der Waals surface area (Å²) in [6.07, 6.45) is 5.29. The Bertz CT molecular complexity index is 863. The highest BCUT2D eigenvalue weighted by Crippen LogP contribution is 2.25. The van der Waals surface area contributed by atoms with Crippen molar-refractivity contribution in [3.05, 3.63) is 76.5 Å². The third kappa shape index (κ3) is 3.46. The minimum atomic E-state index is -0.807. The van der Waals surface area contributed by atoms with Crippen LogP contribution in [0.4, 0.5) is 10.1 Å². The molecule has 0 aliphatic heterocycles. The Kier molecular flexibility index (Phi) is 4.61. The zero-order valence-corrected chi connectivity index (χ0v) is 14.1. The molecule has 122 valence electrons. The third-order valence-corrected chi connectivity index (χ3v) is 3.98. The van der Waals surface area contributed by atoms with E-state index in [2.05, 4.69) is 26.2 Å². The van der Waals surface area contributed by atoms with Crippen LogP contribution in [0.1, 0.15) is 15.9 Å². The molecule has 0 aliphatic carbocycles. The van der Waals surface area contributed by atoms with E-state index in [1.54, 1.807) is 18.6 Å². The Hall–Kier alpha value is -2.67. The monoisotopic (exact) mass is 388 g/mol. The molecule has 0 aliphatic rings. The highest BCUT2D eigenvalue weighted by molar-refractivity contribution is 9.10. The highest BCUT2D eigenvalue weighted by atomic mass is 79.9. The van der Waals surface area contributed by atoms with E-state index in [4.69, 9.17) is 5.73 Å². The van der Waals surface area contributed by atoms with Crippen molar-refractivity contribution in [2.75, 3.05) is 5.32 Å². The molecule has 1 amide bonds. The molecule has 0 spiro atoms. The van der Waals surface area contributed by atoms with Crippen molar-refractivity contribution in [2.45, 2.75) is 6.54 Å². The summed E-state index contributed by atoms with van der Waals surface area (Å²) < 4.78 is 16.3. The average molecular weight is 389 g/mol. The number of nitrogens with two attached hydrogens (primary N) is 1. The van der Waals surface area contributed by atoms with Gasteiger partial charge in [-0.2, -0.15) is 0 Å². The largest absolute Gasteiger partial charge is 0.380 e. The predicted octanol–water partition coefficient (Wildman–Crippen LogP) is 3.48. The SMILES string of the molecule is NC(=O)c1c(F)cc(Br)cc1NCc1ccc(-n2ccnc2)cc1. The second-order valence-electron chi connectivity index (χ2n) is 5.16. The van der Waals surface area contributed by atoms with Crippen LogP contribution >= 0.6 is 15.9 Å². The summed E-state index contributed by atoms with van der Waals surface area (Å²) in [5.74, 6) is -1.47. The number of hydrogen-bond donors (Lipinski definition) is 2. The Balaban J connectivity index is 1.78. The van der Waals surface area contributed by atoms with Gasteiger partial charge in [0.2, 0.25) is 0 Å². The number of carbonyl (C=O) groups excluding carboxylic acids is 1. The fourth-order valence-corrected chi connectivity index (χ4v) is 2.79. The summed E-state index contributed by atoms with van der Waals surface area (Å²) in [7, 11) is 0. The summed E-state index contributed by atoms with van der Waals surface area (Å²) in [4.78, 5) is 15.5. The maximum absolute atomic E-state index is 13.9. The molecule has 0 radical (unpaired) electrons.